The average Bonchev–Trinajstić information content (AvgIpc) is 2.26. The van der Waals surface area contributed by atoms with E-state index in [0.717, 1.165) is 24.1 Å². The number of nitrogens with zero attached hydrogens (tertiary/aromatic N) is 1. The van der Waals surface area contributed by atoms with E-state index in [0.29, 0.717) is 0 Å². The standard InChI is InChI=1S/C12H13F4NO2/c1-17(7-12(14,15)16)6-10(18)9-5-8(13)3-4-11(9)19-2/h3-5H,6-7H2,1-2H3. The van der Waals surface area contributed by atoms with E-state index >= 15 is 0 Å². The van der Waals surface area contributed by atoms with Crippen molar-refractivity contribution in [2.45, 2.75) is 6.18 Å². The van der Waals surface area contributed by atoms with Crippen molar-refractivity contribution in [2.24, 2.45) is 0 Å². The summed E-state index contributed by atoms with van der Waals surface area (Å²) in [5.41, 5.74) is -0.0727. The summed E-state index contributed by atoms with van der Waals surface area (Å²) < 4.78 is 54.3. The SMILES string of the molecule is COc1ccc(F)cc1C(=O)CN(C)CC(F)(F)F. The zero-order valence-electron chi connectivity index (χ0n) is 10.4. The third-order valence-corrected chi connectivity index (χ3v) is 2.32. The third kappa shape index (κ3) is 4.86. The van der Waals surface area contributed by atoms with Gasteiger partial charge in [0.2, 0.25) is 0 Å². The number of halogens is 4. The molecular formula is C12H13F4NO2. The first-order chi connectivity index (χ1) is 8.73. The average molecular weight is 279 g/mol. The minimum Gasteiger partial charge on any atom is -0.496 e. The molecule has 0 aliphatic carbocycles. The molecule has 1 rings (SSSR count). The zero-order chi connectivity index (χ0) is 14.6. The van der Waals surface area contributed by atoms with Gasteiger partial charge in [0.05, 0.1) is 25.8 Å². The van der Waals surface area contributed by atoms with Crippen molar-refractivity contribution in [1.82, 2.24) is 4.90 Å². The van der Waals surface area contributed by atoms with Crippen LogP contribution in [0.1, 0.15) is 10.4 Å². The first-order valence-corrected chi connectivity index (χ1v) is 5.35. The minimum atomic E-state index is -4.39. The molecule has 0 saturated heterocycles. The Bertz CT molecular complexity index is 460. The van der Waals surface area contributed by atoms with E-state index in [2.05, 4.69) is 0 Å². The molecule has 0 atom stereocenters. The molecule has 0 spiro atoms. The Morgan fingerprint density at radius 3 is 2.53 bits per heavy atom. The van der Waals surface area contributed by atoms with Gasteiger partial charge in [0.25, 0.3) is 0 Å². The zero-order valence-corrected chi connectivity index (χ0v) is 10.4. The molecule has 0 aromatic heterocycles. The van der Waals surface area contributed by atoms with Crippen LogP contribution < -0.4 is 4.74 Å². The van der Waals surface area contributed by atoms with Gasteiger partial charge < -0.3 is 4.74 Å². The molecule has 0 unspecified atom stereocenters. The van der Waals surface area contributed by atoms with Crippen molar-refractivity contribution in [3.05, 3.63) is 29.6 Å². The molecule has 1 aromatic carbocycles. The van der Waals surface area contributed by atoms with Gasteiger partial charge in [-0.3, -0.25) is 9.69 Å². The van der Waals surface area contributed by atoms with Gasteiger partial charge >= 0.3 is 6.18 Å². The number of benzene rings is 1. The summed E-state index contributed by atoms with van der Waals surface area (Å²) in [5, 5.41) is 0. The lowest BCUT2D eigenvalue weighted by Gasteiger charge is -2.18. The van der Waals surface area contributed by atoms with Crippen LogP contribution in [0, 0.1) is 5.82 Å². The molecule has 0 heterocycles. The van der Waals surface area contributed by atoms with E-state index in [1.807, 2.05) is 0 Å². The largest absolute Gasteiger partial charge is 0.496 e. The normalized spacial score (nSPS) is 11.7. The molecule has 106 valence electrons. The Morgan fingerprint density at radius 1 is 1.37 bits per heavy atom. The number of carbonyl (C=O) groups is 1. The van der Waals surface area contributed by atoms with Gasteiger partial charge in [0.1, 0.15) is 11.6 Å². The molecule has 0 fully saturated rings. The summed E-state index contributed by atoms with van der Waals surface area (Å²) in [5.74, 6) is -1.16. The first kappa shape index (κ1) is 15.4. The monoisotopic (exact) mass is 279 g/mol. The van der Waals surface area contributed by atoms with Gasteiger partial charge in [-0.15, -0.1) is 0 Å². The number of methoxy groups -OCH3 is 1. The molecule has 7 heteroatoms. The maximum Gasteiger partial charge on any atom is 0.401 e. The first-order valence-electron chi connectivity index (χ1n) is 5.35. The number of alkyl halides is 3. The molecular weight excluding hydrogens is 266 g/mol. The van der Waals surface area contributed by atoms with E-state index in [1.54, 1.807) is 0 Å². The van der Waals surface area contributed by atoms with Crippen LogP contribution in [0.3, 0.4) is 0 Å². The number of likely N-dealkylation sites (N-methyl/N-ethyl adjacent to an activating group) is 1. The van der Waals surface area contributed by atoms with Gasteiger partial charge in [-0.05, 0) is 25.2 Å². The van der Waals surface area contributed by atoms with Crippen LogP contribution in [0.15, 0.2) is 18.2 Å². The van der Waals surface area contributed by atoms with Gasteiger partial charge in [-0.1, -0.05) is 0 Å². The van der Waals surface area contributed by atoms with Crippen LogP contribution >= 0.6 is 0 Å². The van der Waals surface area contributed by atoms with Crippen molar-refractivity contribution in [3.8, 4) is 5.75 Å². The molecule has 0 bridgehead atoms. The maximum absolute atomic E-state index is 13.1. The van der Waals surface area contributed by atoms with Crippen molar-refractivity contribution in [1.29, 1.82) is 0 Å². The number of hydrogen-bond acceptors (Lipinski definition) is 3. The van der Waals surface area contributed by atoms with Crippen LogP contribution in [0.4, 0.5) is 17.6 Å². The fourth-order valence-corrected chi connectivity index (χ4v) is 1.59. The summed E-state index contributed by atoms with van der Waals surface area (Å²) in [7, 11) is 2.46. The quantitative estimate of drug-likeness (QED) is 0.612. The Kier molecular flexibility index (Phi) is 4.88. The second-order valence-corrected chi connectivity index (χ2v) is 4.06. The lowest BCUT2D eigenvalue weighted by atomic mass is 10.1. The van der Waals surface area contributed by atoms with E-state index in [4.69, 9.17) is 4.74 Å². The number of Topliss-reactive ketones (excluding diaryl/α,β-unsaturated/α-hetero) is 1. The summed E-state index contributed by atoms with van der Waals surface area (Å²) in [4.78, 5) is 12.6. The fraction of sp³-hybridized carbons (Fsp3) is 0.417. The predicted octanol–water partition coefficient (Wildman–Crippen LogP) is 2.51. The van der Waals surface area contributed by atoms with Gasteiger partial charge in [-0.25, -0.2) is 4.39 Å². The predicted molar refractivity (Wildman–Crippen MR) is 60.8 cm³/mol. The van der Waals surface area contributed by atoms with Crippen LogP contribution in [0.2, 0.25) is 0 Å². The smallest absolute Gasteiger partial charge is 0.401 e. The van der Waals surface area contributed by atoms with Crippen LogP contribution in [-0.4, -0.2) is 44.1 Å². The van der Waals surface area contributed by atoms with Crippen LogP contribution in [0.5, 0.6) is 5.75 Å². The summed E-state index contributed by atoms with van der Waals surface area (Å²) in [6.45, 7) is -1.68. The molecule has 19 heavy (non-hydrogen) atoms. The Balaban J connectivity index is 2.81. The highest BCUT2D eigenvalue weighted by molar-refractivity contribution is 6.00. The second-order valence-electron chi connectivity index (χ2n) is 4.06. The third-order valence-electron chi connectivity index (χ3n) is 2.32. The summed E-state index contributed by atoms with van der Waals surface area (Å²) >= 11 is 0. The van der Waals surface area contributed by atoms with Gasteiger partial charge in [0, 0.05) is 0 Å². The van der Waals surface area contributed by atoms with Crippen LogP contribution in [0.25, 0.3) is 0 Å². The van der Waals surface area contributed by atoms with Crippen molar-refractivity contribution < 1.29 is 27.1 Å². The van der Waals surface area contributed by atoms with Crippen molar-refractivity contribution in [2.75, 3.05) is 27.2 Å². The highest BCUT2D eigenvalue weighted by Crippen LogP contribution is 2.21. The molecule has 0 aliphatic heterocycles. The number of rotatable bonds is 5. The Hall–Kier alpha value is -1.63. The summed E-state index contributed by atoms with van der Waals surface area (Å²) in [6.07, 6.45) is -4.39. The van der Waals surface area contributed by atoms with Crippen molar-refractivity contribution >= 4 is 5.78 Å². The number of hydrogen-bond donors (Lipinski definition) is 0. The van der Waals surface area contributed by atoms with E-state index < -0.39 is 30.9 Å². The molecule has 3 nitrogen and oxygen atoms in total. The van der Waals surface area contributed by atoms with E-state index in [-0.39, 0.29) is 11.3 Å². The molecule has 0 N–H and O–H groups in total. The van der Waals surface area contributed by atoms with Crippen LogP contribution in [-0.2, 0) is 0 Å². The summed E-state index contributed by atoms with van der Waals surface area (Å²) in [6, 6.07) is 3.31. The van der Waals surface area contributed by atoms with E-state index in [1.165, 1.54) is 13.2 Å². The lowest BCUT2D eigenvalue weighted by molar-refractivity contribution is -0.141. The molecule has 0 radical (unpaired) electrons. The number of ketones is 1. The van der Waals surface area contributed by atoms with Gasteiger partial charge in [-0.2, -0.15) is 13.2 Å². The Labute approximate surface area is 107 Å². The minimum absolute atomic E-state index is 0.0727. The molecule has 0 saturated carbocycles. The highest BCUT2D eigenvalue weighted by Gasteiger charge is 2.30. The maximum atomic E-state index is 13.1. The molecule has 1 aromatic rings. The lowest BCUT2D eigenvalue weighted by Crippen LogP contribution is -2.34. The number of ether oxygens (including phenoxy) is 1. The number of carbonyl (C=O) groups excluding carboxylic acids is 1. The van der Waals surface area contributed by atoms with Gasteiger partial charge in [0.15, 0.2) is 5.78 Å². The molecule has 0 aliphatic rings. The Morgan fingerprint density at radius 2 is 2.00 bits per heavy atom. The molecule has 0 amide bonds. The van der Waals surface area contributed by atoms with Crippen molar-refractivity contribution in [3.63, 3.8) is 0 Å². The topological polar surface area (TPSA) is 29.5 Å². The highest BCUT2D eigenvalue weighted by atomic mass is 19.4. The second kappa shape index (κ2) is 6.01. The fourth-order valence-electron chi connectivity index (χ4n) is 1.59. The van der Waals surface area contributed by atoms with E-state index in [9.17, 15) is 22.4 Å².